The van der Waals surface area contributed by atoms with Crippen LogP contribution in [-0.4, -0.2) is 282 Å². The van der Waals surface area contributed by atoms with Crippen molar-refractivity contribution in [2.75, 3.05) is 122 Å². The summed E-state index contributed by atoms with van der Waals surface area (Å²) in [5.41, 5.74) is 18.9. The third kappa shape index (κ3) is 24.8. The van der Waals surface area contributed by atoms with Gasteiger partial charge in [-0.3, -0.25) is 28.8 Å². The van der Waals surface area contributed by atoms with E-state index in [4.69, 9.17) is 64.4 Å². The average Bonchev–Trinajstić information content (AvgIpc) is 1.63. The number of aromatic amines is 1. The number of H-pyrrole nitrogens is 1. The molecule has 128 heavy (non-hydrogen) atoms. The first kappa shape index (κ1) is 96.3. The number of hydrogen-bond donors (Lipinski definition) is 8. The molecule has 37 nitrogen and oxygen atoms in total. The van der Waals surface area contributed by atoms with Crippen molar-refractivity contribution in [2.24, 2.45) is 35.3 Å². The van der Waals surface area contributed by atoms with Gasteiger partial charge in [-0.05, 0) is 138 Å². The number of phenols is 1. The van der Waals surface area contributed by atoms with Gasteiger partial charge in [-0.2, -0.15) is 5.10 Å². The number of unbranched alkanes of at least 4 members (excludes halogenated alkanes) is 1. The molecule has 1 saturated carbocycles. The summed E-state index contributed by atoms with van der Waals surface area (Å²) in [5, 5.41) is 55.0. The number of esters is 1. The Hall–Kier alpha value is -10.7. The van der Waals surface area contributed by atoms with Crippen LogP contribution in [0.3, 0.4) is 0 Å². The molecule has 0 radical (unpaired) electrons. The van der Waals surface area contributed by atoms with Gasteiger partial charge in [-0.15, -0.1) is 5.10 Å². The number of aryl methyl sites for hydroxylation is 1. The van der Waals surface area contributed by atoms with E-state index in [1.807, 2.05) is 61.4 Å². The normalized spacial score (nSPS) is 27.0. The maximum absolute atomic E-state index is 14.8. The van der Waals surface area contributed by atoms with Gasteiger partial charge in [0, 0.05) is 158 Å². The lowest BCUT2D eigenvalue weighted by Crippen LogP contribution is -2.61. The molecule has 3 saturated heterocycles. The second-order valence-corrected chi connectivity index (χ2v) is 34.3. The van der Waals surface area contributed by atoms with E-state index in [1.165, 1.54) is 25.8 Å². The van der Waals surface area contributed by atoms with Gasteiger partial charge in [-0.1, -0.05) is 69.4 Å². The predicted molar refractivity (Wildman–Crippen MR) is 475 cm³/mol. The fourth-order valence-electron chi connectivity index (χ4n) is 17.5. The Bertz CT molecular complexity index is 5030. The number of ether oxygens (including phenoxy) is 8. The number of benzene rings is 1. The van der Waals surface area contributed by atoms with Crippen molar-refractivity contribution >= 4 is 80.7 Å². The number of anilines is 3. The zero-order valence-corrected chi connectivity index (χ0v) is 74.7. The lowest BCUT2D eigenvalue weighted by Gasteiger charge is -2.42. The van der Waals surface area contributed by atoms with Crippen molar-refractivity contribution in [2.45, 2.75) is 205 Å². The van der Waals surface area contributed by atoms with Gasteiger partial charge in [-0.25, -0.2) is 44.1 Å². The van der Waals surface area contributed by atoms with E-state index in [0.717, 1.165) is 33.5 Å². The Morgan fingerprint density at radius 3 is 2.20 bits per heavy atom. The second kappa shape index (κ2) is 46.0. The van der Waals surface area contributed by atoms with Crippen LogP contribution in [0.2, 0.25) is 0 Å². The van der Waals surface area contributed by atoms with Crippen molar-refractivity contribution in [3.8, 4) is 28.4 Å². The number of rotatable bonds is 29. The molecule has 2 bridgehead atoms. The summed E-state index contributed by atoms with van der Waals surface area (Å²) in [5.74, 6) is -7.49. The third-order valence-corrected chi connectivity index (χ3v) is 25.0. The van der Waals surface area contributed by atoms with Gasteiger partial charge in [0.25, 0.3) is 17.6 Å². The topological polar surface area (TPSA) is 481 Å². The monoisotopic (exact) mass is 1770 g/mol. The molecule has 0 spiro atoms. The summed E-state index contributed by atoms with van der Waals surface area (Å²) < 4.78 is 50.7. The summed E-state index contributed by atoms with van der Waals surface area (Å²) in [6.45, 7) is 16.0. The smallest absolute Gasteiger partial charge is 0.329 e. The number of aromatic hydroxyl groups is 1. The number of aliphatic hydroxyl groups is 2. The Morgan fingerprint density at radius 1 is 0.758 bits per heavy atom. The molecule has 3 amide bonds. The maximum atomic E-state index is 14.8. The van der Waals surface area contributed by atoms with E-state index in [0.29, 0.717) is 187 Å². The second-order valence-electron chi connectivity index (χ2n) is 34.3. The van der Waals surface area contributed by atoms with Crippen molar-refractivity contribution in [1.29, 1.82) is 0 Å². The molecule has 4 aliphatic heterocycles. The van der Waals surface area contributed by atoms with E-state index < -0.39 is 83.8 Å². The number of cyclic esters (lactones) is 1. The molecule has 692 valence electrons. The number of allylic oxidation sites excluding steroid dienone is 6. The summed E-state index contributed by atoms with van der Waals surface area (Å²) >= 11 is 0. The highest BCUT2D eigenvalue weighted by atomic mass is 16.6. The number of nitrogen functional groups attached to an aromatic ring is 1. The predicted octanol–water partition coefficient (Wildman–Crippen LogP) is 7.26. The minimum atomic E-state index is -2.50. The van der Waals surface area contributed by atoms with E-state index in [-0.39, 0.29) is 105 Å². The van der Waals surface area contributed by atoms with Gasteiger partial charge in [0.1, 0.15) is 59.4 Å². The fourth-order valence-corrected chi connectivity index (χ4v) is 17.5. The van der Waals surface area contributed by atoms with Gasteiger partial charge in [0.05, 0.1) is 86.8 Å². The number of carbonyl (C=O) groups is 7. The molecule has 6 aromatic heterocycles. The van der Waals surface area contributed by atoms with Crippen LogP contribution in [0.4, 0.5) is 17.7 Å². The van der Waals surface area contributed by atoms with Crippen LogP contribution >= 0.6 is 0 Å². The van der Waals surface area contributed by atoms with E-state index in [2.05, 4.69) is 50.8 Å². The number of phenolic OH excluding ortho intramolecular Hbond substituents is 1. The Morgan fingerprint density at radius 2 is 1.48 bits per heavy atom. The van der Waals surface area contributed by atoms with E-state index in [9.17, 15) is 48.9 Å². The van der Waals surface area contributed by atoms with Crippen LogP contribution in [0.5, 0.6) is 5.75 Å². The highest BCUT2D eigenvalue weighted by Gasteiger charge is 2.53. The largest absolute Gasteiger partial charge is 0.508 e. The Balaban J connectivity index is 0.563. The number of carbonyl (C=O) groups excluding carboxylic acids is 7. The molecule has 0 unspecified atom stereocenters. The number of piperidine rings is 1. The molecular formula is C91H125N19O18. The zero-order valence-electron chi connectivity index (χ0n) is 74.7. The minimum Gasteiger partial charge on any atom is -0.508 e. The zero-order chi connectivity index (χ0) is 91.1. The van der Waals surface area contributed by atoms with E-state index >= 15 is 0 Å². The first-order valence-electron chi connectivity index (χ1n) is 44.6. The molecule has 10 N–H and O–H groups in total. The van der Waals surface area contributed by atoms with Crippen molar-refractivity contribution in [3.63, 3.8) is 0 Å². The molecule has 1 aliphatic carbocycles. The quantitative estimate of drug-likeness (QED) is 0.00989. The van der Waals surface area contributed by atoms with Crippen LogP contribution < -0.4 is 31.9 Å². The number of methoxy groups -OCH3 is 3. The lowest BCUT2D eigenvalue weighted by atomic mass is 9.79. The first-order chi connectivity index (χ1) is 61.7. The average molecular weight is 1770 g/mol. The fraction of sp³-hybridized carbons (Fsp3) is 0.582. The highest BCUT2D eigenvalue weighted by molar-refractivity contribution is 6.39. The van der Waals surface area contributed by atoms with Gasteiger partial charge in [0.2, 0.25) is 23.6 Å². The standard InChI is InChI=1S/C91H125N19O18/c1-55-17-11-10-12-18-56(2)74(121-7)47-66-23-20-60(6)91(120,128-66)83(116)87(118)108-29-15-13-19-72(108)88(119)127-75(48-73(112)57(3)42-59(5)81(115)82(123-9)80(114)58(4)41-55)67(92)43-61-21-25-71(76(44-61)122-8)110-53-70(103-105-110)63-49-96-89(97-50-63)106-31-33-107(34-32-106)90-98-51-64(52-99-90)86(117)95-28-36-125-38-40-126-39-37-124-35-26-77(113)94-27-14-16-30-109-85-78(84(93)100-54-101-85)79(104-109)69-46-62-45-65(111)22-24-68(62)102-69/h10-12,17-18,22,24,42,45-46,49-55,57-58,60-61,66-67,71-72,74-76,81-82,102,111,115,120H,13-16,19-21,23,25-41,43-44,47-48,92H2,1-9H3,(H,94,113)(H,95,117)(H2,93,100,101)/b12-10+,17-11+,56-18+,59-42+/t55-,57-,58-,60-,61+,66+,67-,71+,72+,74+,75+,76-,81-,82+,91-/m1/s1. The number of ketones is 3. The number of nitrogens with zero attached hydrogens (tertiary/aromatic N) is 14. The number of aromatic nitrogens is 12. The minimum absolute atomic E-state index is 0.0170. The van der Waals surface area contributed by atoms with E-state index in [1.54, 1.807) is 87.9 Å². The molecule has 4 fully saturated rings. The maximum Gasteiger partial charge on any atom is 0.329 e. The van der Waals surface area contributed by atoms with Crippen LogP contribution in [0, 0.1) is 29.6 Å². The number of piperazine rings is 1. The van der Waals surface area contributed by atoms with Crippen LogP contribution in [0.15, 0.2) is 109 Å². The third-order valence-electron chi connectivity index (χ3n) is 25.0. The van der Waals surface area contributed by atoms with Gasteiger partial charge >= 0.3 is 5.97 Å². The number of nitrogens with one attached hydrogen (secondary N) is 3. The number of amides is 3. The number of fused-ring (bicyclic) bond motifs is 5. The number of hydrogen-bond acceptors (Lipinski definition) is 31. The number of nitrogens with two attached hydrogens (primary N) is 2. The Kier molecular flexibility index (Phi) is 34.6. The molecule has 15 atom stereocenters. The molecule has 12 rings (SSSR count). The Labute approximate surface area is 744 Å². The molecule has 10 heterocycles. The molecular weight excluding hydrogens is 1650 g/mol. The van der Waals surface area contributed by atoms with Crippen molar-refractivity contribution in [1.82, 2.24) is 75.2 Å². The molecule has 5 aliphatic rings. The molecule has 7 aromatic rings. The van der Waals surface area contributed by atoms with Crippen molar-refractivity contribution < 1.29 is 86.8 Å². The van der Waals surface area contributed by atoms with Crippen molar-refractivity contribution in [3.05, 3.63) is 115 Å². The number of aliphatic hydroxyl groups excluding tert-OH is 1. The molecule has 37 heteroatoms. The summed E-state index contributed by atoms with van der Waals surface area (Å²) in [6.07, 6.45) is 21.5. The van der Waals surface area contributed by atoms with Crippen LogP contribution in [0.25, 0.3) is 44.6 Å². The van der Waals surface area contributed by atoms with Gasteiger partial charge < -0.3 is 95.0 Å². The molecule has 1 aromatic carbocycles. The summed E-state index contributed by atoms with van der Waals surface area (Å²) in [7, 11) is 4.56. The highest BCUT2D eigenvalue weighted by Crippen LogP contribution is 2.41. The number of Topliss-reactive ketones (excluding diaryl/α,β-unsaturated/α-hetero) is 3. The summed E-state index contributed by atoms with van der Waals surface area (Å²) in [4.78, 5) is 134. The first-order valence-corrected chi connectivity index (χ1v) is 44.6. The lowest BCUT2D eigenvalue weighted by molar-refractivity contribution is -0.265. The van der Waals surface area contributed by atoms with Crippen LogP contribution in [0.1, 0.15) is 154 Å². The SMILES string of the molecule is CO[C@H]1C[C@@H]2CC[C@@H](C)[C@@](O)(O2)C(=O)C(=O)N2CCCC[C@H]2C(=O)O[C@H]([C@H](N)C[C@@H]2CC[C@H](n3cc(-c4cnc(N5CCN(c6ncc(C(=O)NCCOCCOCCOCCC(=O)NCCCCn7nc(-c8cc9cc(O)ccc9[nH]8)c8c(N)ncnc87)cn6)CC5)nc4)nn3)[C@H](OC)C2)CC(=O)[C@H](C)/C=C(\C)[C@@H](O)[C@@H](OC)C(=O)[C@H](C)C[C@H](C)/C=C/C=C/C=C/1C. The van der Waals surface area contributed by atoms with Gasteiger partial charge in [0.15, 0.2) is 11.4 Å². The summed E-state index contributed by atoms with van der Waals surface area (Å²) in [6, 6.07) is 4.58. The van der Waals surface area contributed by atoms with Crippen LogP contribution in [-0.2, 0) is 73.2 Å².